The highest BCUT2D eigenvalue weighted by Crippen LogP contribution is 2.21. The predicted octanol–water partition coefficient (Wildman–Crippen LogP) is 3.69. The Bertz CT molecular complexity index is 940. The Morgan fingerprint density at radius 2 is 1.77 bits per heavy atom. The van der Waals surface area contributed by atoms with E-state index in [0.717, 1.165) is 40.3 Å². The highest BCUT2D eigenvalue weighted by Gasteiger charge is 2.28. The van der Waals surface area contributed by atoms with E-state index < -0.39 is 16.1 Å². The summed E-state index contributed by atoms with van der Waals surface area (Å²) in [6.45, 7) is 7.96. The molecule has 1 amide bonds. The molecule has 0 bridgehead atoms. The summed E-state index contributed by atoms with van der Waals surface area (Å²) in [5.41, 5.74) is 2.63. The maximum Gasteiger partial charge on any atom is 0.243 e. The highest BCUT2D eigenvalue weighted by atomic mass is 32.2. The predicted molar refractivity (Wildman–Crippen MR) is 122 cm³/mol. The van der Waals surface area contributed by atoms with Gasteiger partial charge in [0.05, 0.1) is 18.0 Å². The van der Waals surface area contributed by atoms with Gasteiger partial charge >= 0.3 is 0 Å². The van der Waals surface area contributed by atoms with Gasteiger partial charge in [0.25, 0.3) is 0 Å². The molecule has 0 radical (unpaired) electrons. The minimum Gasteiger partial charge on any atom is -0.491 e. The monoisotopic (exact) mass is 432 g/mol. The van der Waals surface area contributed by atoms with Crippen LogP contribution >= 0.6 is 0 Å². The lowest BCUT2D eigenvalue weighted by atomic mass is 10.1. The van der Waals surface area contributed by atoms with Gasteiger partial charge in [-0.05, 0) is 70.4 Å². The SMILES string of the molecule is Cc1ccc(N([C@H](C)C(=O)NCCCc2cccc(OC(C)C)c2)S(C)(=O)=O)cc1. The average molecular weight is 433 g/mol. The largest absolute Gasteiger partial charge is 0.491 e. The smallest absolute Gasteiger partial charge is 0.243 e. The van der Waals surface area contributed by atoms with Crippen molar-refractivity contribution in [3.63, 3.8) is 0 Å². The van der Waals surface area contributed by atoms with Crippen LogP contribution in [0.25, 0.3) is 0 Å². The van der Waals surface area contributed by atoms with Crippen LogP contribution in [0.2, 0.25) is 0 Å². The van der Waals surface area contributed by atoms with E-state index in [9.17, 15) is 13.2 Å². The number of hydrogen-bond acceptors (Lipinski definition) is 4. The Hall–Kier alpha value is -2.54. The lowest BCUT2D eigenvalue weighted by molar-refractivity contribution is -0.121. The van der Waals surface area contributed by atoms with Crippen LogP contribution in [0.15, 0.2) is 48.5 Å². The molecular weight excluding hydrogens is 400 g/mol. The summed E-state index contributed by atoms with van der Waals surface area (Å²) in [5.74, 6) is 0.514. The van der Waals surface area contributed by atoms with E-state index in [1.54, 1.807) is 19.1 Å². The van der Waals surface area contributed by atoms with Crippen LogP contribution in [0.4, 0.5) is 5.69 Å². The Morgan fingerprint density at radius 3 is 2.37 bits per heavy atom. The molecule has 0 fully saturated rings. The maximum atomic E-state index is 12.6. The number of aryl methyl sites for hydroxylation is 2. The zero-order valence-corrected chi connectivity index (χ0v) is 19.2. The lowest BCUT2D eigenvalue weighted by Crippen LogP contribution is -2.48. The van der Waals surface area contributed by atoms with Crippen LogP contribution in [-0.4, -0.2) is 39.3 Å². The molecule has 0 aliphatic heterocycles. The van der Waals surface area contributed by atoms with Gasteiger partial charge < -0.3 is 10.1 Å². The molecule has 6 nitrogen and oxygen atoms in total. The molecule has 1 atom stereocenters. The first-order valence-corrected chi connectivity index (χ1v) is 12.0. The third-order valence-electron chi connectivity index (χ3n) is 4.59. The molecule has 0 heterocycles. The lowest BCUT2D eigenvalue weighted by Gasteiger charge is -2.28. The fraction of sp³-hybridized carbons (Fsp3) is 0.435. The second-order valence-electron chi connectivity index (χ2n) is 7.78. The molecule has 0 saturated heterocycles. The minimum atomic E-state index is -3.60. The number of rotatable bonds is 10. The van der Waals surface area contributed by atoms with Gasteiger partial charge in [0.15, 0.2) is 0 Å². The van der Waals surface area contributed by atoms with Crippen molar-refractivity contribution in [2.24, 2.45) is 0 Å². The summed E-state index contributed by atoms with van der Waals surface area (Å²) in [7, 11) is -3.60. The van der Waals surface area contributed by atoms with E-state index in [1.165, 1.54) is 0 Å². The van der Waals surface area contributed by atoms with Crippen molar-refractivity contribution in [3.8, 4) is 5.75 Å². The van der Waals surface area contributed by atoms with Gasteiger partial charge in [0.1, 0.15) is 11.8 Å². The van der Waals surface area contributed by atoms with E-state index in [0.29, 0.717) is 12.2 Å². The Balaban J connectivity index is 1.93. The molecule has 7 heteroatoms. The number of nitrogens with zero attached hydrogens (tertiary/aromatic N) is 1. The van der Waals surface area contributed by atoms with Crippen molar-refractivity contribution in [2.45, 2.75) is 52.7 Å². The van der Waals surface area contributed by atoms with Crippen molar-refractivity contribution in [1.29, 1.82) is 0 Å². The summed E-state index contributed by atoms with van der Waals surface area (Å²) in [5, 5.41) is 2.86. The van der Waals surface area contributed by atoms with Crippen molar-refractivity contribution in [3.05, 3.63) is 59.7 Å². The maximum absolute atomic E-state index is 12.6. The van der Waals surface area contributed by atoms with Gasteiger partial charge in [-0.25, -0.2) is 8.42 Å². The Morgan fingerprint density at radius 1 is 1.10 bits per heavy atom. The molecule has 164 valence electrons. The third kappa shape index (κ3) is 7.06. The first kappa shape index (κ1) is 23.7. The van der Waals surface area contributed by atoms with Gasteiger partial charge in [-0.15, -0.1) is 0 Å². The van der Waals surface area contributed by atoms with Crippen LogP contribution in [0.3, 0.4) is 0 Å². The Kier molecular flexibility index (Phi) is 8.29. The second kappa shape index (κ2) is 10.5. The van der Waals surface area contributed by atoms with E-state index in [1.807, 2.05) is 57.2 Å². The molecule has 0 aromatic heterocycles. The molecule has 2 aromatic rings. The molecular formula is C23H32N2O4S. The standard InChI is InChI=1S/C23H32N2O4S/c1-17(2)29-22-10-6-8-20(16-22)9-7-15-24-23(26)19(4)25(30(5,27)28)21-13-11-18(3)12-14-21/h6,8,10-14,16-17,19H,7,9,15H2,1-5H3,(H,24,26)/t19-/m1/s1. The van der Waals surface area contributed by atoms with Crippen LogP contribution in [0.5, 0.6) is 5.75 Å². The molecule has 0 aliphatic rings. The number of hydrogen-bond donors (Lipinski definition) is 1. The number of ether oxygens (including phenoxy) is 1. The molecule has 1 N–H and O–H groups in total. The van der Waals surface area contributed by atoms with E-state index in [4.69, 9.17) is 4.74 Å². The fourth-order valence-corrected chi connectivity index (χ4v) is 4.37. The molecule has 2 aromatic carbocycles. The number of nitrogens with one attached hydrogen (secondary N) is 1. The molecule has 0 unspecified atom stereocenters. The van der Waals surface area contributed by atoms with E-state index in [-0.39, 0.29) is 12.0 Å². The van der Waals surface area contributed by atoms with E-state index in [2.05, 4.69) is 5.32 Å². The number of amides is 1. The molecule has 0 spiro atoms. The summed E-state index contributed by atoms with van der Waals surface area (Å²) >= 11 is 0. The normalized spacial score (nSPS) is 12.5. The van der Waals surface area contributed by atoms with Gasteiger partial charge in [0.2, 0.25) is 15.9 Å². The molecule has 2 rings (SSSR count). The van der Waals surface area contributed by atoms with Crippen LogP contribution in [-0.2, 0) is 21.2 Å². The Labute approximate surface area is 180 Å². The van der Waals surface area contributed by atoms with Gasteiger partial charge in [-0.1, -0.05) is 29.8 Å². The third-order valence-corrected chi connectivity index (χ3v) is 5.83. The summed E-state index contributed by atoms with van der Waals surface area (Å²) in [6, 6.07) is 14.2. The van der Waals surface area contributed by atoms with Crippen LogP contribution in [0.1, 0.15) is 38.3 Å². The van der Waals surface area contributed by atoms with Crippen LogP contribution < -0.4 is 14.4 Å². The van der Waals surface area contributed by atoms with Crippen molar-refractivity contribution in [1.82, 2.24) is 5.32 Å². The van der Waals surface area contributed by atoms with Gasteiger partial charge in [-0.2, -0.15) is 0 Å². The van der Waals surface area contributed by atoms with Gasteiger partial charge in [0, 0.05) is 6.54 Å². The number of carbonyl (C=O) groups is 1. The molecule has 30 heavy (non-hydrogen) atoms. The van der Waals surface area contributed by atoms with Crippen molar-refractivity contribution in [2.75, 3.05) is 17.1 Å². The molecule has 0 saturated carbocycles. The number of benzene rings is 2. The van der Waals surface area contributed by atoms with Crippen molar-refractivity contribution >= 4 is 21.6 Å². The topological polar surface area (TPSA) is 75.7 Å². The molecule has 0 aliphatic carbocycles. The minimum absolute atomic E-state index is 0.118. The quantitative estimate of drug-likeness (QED) is 0.581. The highest BCUT2D eigenvalue weighted by molar-refractivity contribution is 7.92. The first-order chi connectivity index (χ1) is 14.1. The van der Waals surface area contributed by atoms with Crippen molar-refractivity contribution < 1.29 is 17.9 Å². The van der Waals surface area contributed by atoms with E-state index >= 15 is 0 Å². The van der Waals surface area contributed by atoms with Crippen LogP contribution in [0, 0.1) is 6.92 Å². The number of anilines is 1. The zero-order chi connectivity index (χ0) is 22.3. The number of sulfonamides is 1. The van der Waals surface area contributed by atoms with Gasteiger partial charge in [-0.3, -0.25) is 9.10 Å². The zero-order valence-electron chi connectivity index (χ0n) is 18.4. The summed E-state index contributed by atoms with van der Waals surface area (Å²) in [4.78, 5) is 12.6. The summed E-state index contributed by atoms with van der Waals surface area (Å²) < 4.78 is 31.5. The first-order valence-electron chi connectivity index (χ1n) is 10.2. The fourth-order valence-electron chi connectivity index (χ4n) is 3.20. The average Bonchev–Trinajstić information content (AvgIpc) is 2.65. The second-order valence-corrected chi connectivity index (χ2v) is 9.64. The summed E-state index contributed by atoms with van der Waals surface area (Å²) in [6.07, 6.45) is 2.76. The number of carbonyl (C=O) groups excluding carboxylic acids is 1.